The SMILES string of the molecule is O=C(c1cc(F)ccc1-c1ncccn1)N1C[C@@H]2CC[C@H]1[C@H](Oc1ncc(C(F)(F)F)cc1F)C2. The number of aromatic nitrogens is 3. The maximum atomic E-state index is 14.4. The molecule has 182 valence electrons. The van der Waals surface area contributed by atoms with Crippen molar-refractivity contribution in [2.24, 2.45) is 5.92 Å². The molecule has 0 N–H and O–H groups in total. The van der Waals surface area contributed by atoms with E-state index in [1.165, 1.54) is 24.5 Å². The van der Waals surface area contributed by atoms with E-state index in [0.29, 0.717) is 37.2 Å². The molecule has 3 fully saturated rings. The van der Waals surface area contributed by atoms with E-state index < -0.39 is 47.3 Å². The molecule has 1 saturated carbocycles. The van der Waals surface area contributed by atoms with Crippen LogP contribution in [0.1, 0.15) is 35.2 Å². The average Bonchev–Trinajstić information content (AvgIpc) is 2.85. The van der Waals surface area contributed by atoms with Crippen LogP contribution in [0, 0.1) is 17.6 Å². The number of hydrogen-bond acceptors (Lipinski definition) is 5. The van der Waals surface area contributed by atoms with Gasteiger partial charge in [0.2, 0.25) is 0 Å². The molecule has 6 rings (SSSR count). The second kappa shape index (κ2) is 8.86. The number of alkyl halides is 3. The van der Waals surface area contributed by atoms with E-state index in [-0.39, 0.29) is 17.3 Å². The maximum absolute atomic E-state index is 14.4. The van der Waals surface area contributed by atoms with Gasteiger partial charge in [0, 0.05) is 30.7 Å². The number of ether oxygens (including phenoxy) is 1. The number of pyridine rings is 1. The Labute approximate surface area is 196 Å². The van der Waals surface area contributed by atoms with Gasteiger partial charge >= 0.3 is 6.18 Å². The number of amides is 1. The van der Waals surface area contributed by atoms with Crippen LogP contribution >= 0.6 is 0 Å². The summed E-state index contributed by atoms with van der Waals surface area (Å²) in [5.41, 5.74) is -0.765. The van der Waals surface area contributed by atoms with Crippen molar-refractivity contribution in [3.63, 3.8) is 0 Å². The first kappa shape index (κ1) is 23.1. The number of hydrogen-bond donors (Lipinski definition) is 0. The van der Waals surface area contributed by atoms with Crippen LogP contribution < -0.4 is 4.74 Å². The van der Waals surface area contributed by atoms with Gasteiger partial charge in [0.1, 0.15) is 11.9 Å². The number of piperidine rings is 2. The maximum Gasteiger partial charge on any atom is 0.417 e. The van der Waals surface area contributed by atoms with Crippen molar-refractivity contribution in [1.29, 1.82) is 0 Å². The monoisotopic (exact) mass is 490 g/mol. The summed E-state index contributed by atoms with van der Waals surface area (Å²) in [5, 5.41) is 0. The molecule has 0 unspecified atom stereocenters. The number of carbonyl (C=O) groups is 1. The van der Waals surface area contributed by atoms with Crippen molar-refractivity contribution in [1.82, 2.24) is 19.9 Å². The number of nitrogens with zero attached hydrogens (tertiary/aromatic N) is 4. The Kier molecular flexibility index (Phi) is 5.86. The van der Waals surface area contributed by atoms with Gasteiger partial charge in [0.25, 0.3) is 11.8 Å². The number of rotatable bonds is 4. The Bertz CT molecular complexity index is 1250. The summed E-state index contributed by atoms with van der Waals surface area (Å²) in [5.74, 6) is -2.52. The third kappa shape index (κ3) is 4.54. The van der Waals surface area contributed by atoms with Gasteiger partial charge in [-0.2, -0.15) is 13.2 Å². The third-order valence-corrected chi connectivity index (χ3v) is 6.40. The van der Waals surface area contributed by atoms with E-state index in [1.54, 1.807) is 11.0 Å². The summed E-state index contributed by atoms with van der Waals surface area (Å²) < 4.78 is 72.7. The molecule has 1 aromatic carbocycles. The largest absolute Gasteiger partial charge is 0.470 e. The first-order chi connectivity index (χ1) is 16.7. The molecule has 1 amide bonds. The number of fused-ring (bicyclic) bond motifs is 3. The zero-order valence-electron chi connectivity index (χ0n) is 18.2. The van der Waals surface area contributed by atoms with Gasteiger partial charge in [-0.3, -0.25) is 4.79 Å². The van der Waals surface area contributed by atoms with Crippen LogP contribution in [-0.2, 0) is 6.18 Å². The van der Waals surface area contributed by atoms with Crippen LogP contribution in [0.15, 0.2) is 48.9 Å². The molecule has 2 aromatic heterocycles. The van der Waals surface area contributed by atoms with Crippen molar-refractivity contribution in [2.75, 3.05) is 6.54 Å². The van der Waals surface area contributed by atoms with E-state index in [1.807, 2.05) is 0 Å². The molecule has 0 radical (unpaired) electrons. The molecule has 11 heteroatoms. The highest BCUT2D eigenvalue weighted by atomic mass is 19.4. The molecule has 4 heterocycles. The first-order valence-electron chi connectivity index (χ1n) is 11.0. The predicted octanol–water partition coefficient (Wildman–Crippen LogP) is 4.91. The highest BCUT2D eigenvalue weighted by molar-refractivity contribution is 6.00. The summed E-state index contributed by atoms with van der Waals surface area (Å²) in [6.07, 6.45) is -0.00276. The normalized spacial score (nSPS) is 21.7. The third-order valence-electron chi connectivity index (χ3n) is 6.40. The average molecular weight is 490 g/mol. The Morgan fingerprint density at radius 1 is 1.06 bits per heavy atom. The van der Waals surface area contributed by atoms with Gasteiger partial charge in [-0.15, -0.1) is 0 Å². The number of carbonyl (C=O) groups excluding carboxylic acids is 1. The zero-order valence-corrected chi connectivity index (χ0v) is 18.2. The standard InChI is InChI=1S/C24H19F5N4O2/c25-15-3-4-16(21-30-6-1-7-31-21)17(10-15)23(34)33-12-13-2-5-19(33)20(8-13)35-22-18(26)9-14(11-32-22)24(27,28)29/h1,3-4,6-7,9-11,13,19-20H,2,5,8,12H2/t13-,19+,20-/m1/s1. The van der Waals surface area contributed by atoms with Crippen LogP contribution in [0.4, 0.5) is 22.0 Å². The Hall–Kier alpha value is -3.63. The van der Waals surface area contributed by atoms with E-state index in [0.717, 1.165) is 12.5 Å². The van der Waals surface area contributed by atoms with Gasteiger partial charge in [-0.25, -0.2) is 23.7 Å². The minimum Gasteiger partial charge on any atom is -0.470 e. The van der Waals surface area contributed by atoms with Gasteiger partial charge in [-0.1, -0.05) is 0 Å². The summed E-state index contributed by atoms with van der Waals surface area (Å²) in [7, 11) is 0. The second-order valence-electron chi connectivity index (χ2n) is 8.63. The first-order valence-corrected chi connectivity index (χ1v) is 11.0. The fourth-order valence-electron chi connectivity index (χ4n) is 4.78. The van der Waals surface area contributed by atoms with Crippen molar-refractivity contribution >= 4 is 5.91 Å². The van der Waals surface area contributed by atoms with Crippen molar-refractivity contribution in [3.05, 3.63) is 71.7 Å². The van der Waals surface area contributed by atoms with Crippen LogP contribution in [-0.4, -0.2) is 44.4 Å². The fraction of sp³-hybridized carbons (Fsp3) is 0.333. The molecule has 2 saturated heterocycles. The molecule has 6 nitrogen and oxygen atoms in total. The molecule has 3 aliphatic rings. The summed E-state index contributed by atoms with van der Waals surface area (Å²) >= 11 is 0. The lowest BCUT2D eigenvalue weighted by Gasteiger charge is -2.49. The molecular weight excluding hydrogens is 471 g/mol. The van der Waals surface area contributed by atoms with E-state index in [4.69, 9.17) is 4.74 Å². The molecule has 1 aliphatic carbocycles. The Morgan fingerprint density at radius 3 is 2.51 bits per heavy atom. The molecule has 0 spiro atoms. The smallest absolute Gasteiger partial charge is 0.417 e. The summed E-state index contributed by atoms with van der Waals surface area (Å²) in [6.45, 7) is 0.401. The quantitative estimate of drug-likeness (QED) is 0.487. The van der Waals surface area contributed by atoms with Gasteiger partial charge < -0.3 is 9.64 Å². The molecular formula is C24H19F5N4O2. The second-order valence-corrected chi connectivity index (χ2v) is 8.63. The van der Waals surface area contributed by atoms with E-state index in [9.17, 15) is 26.7 Å². The Balaban J connectivity index is 1.42. The molecule has 2 bridgehead atoms. The van der Waals surface area contributed by atoms with Crippen molar-refractivity contribution < 1.29 is 31.5 Å². The lowest BCUT2D eigenvalue weighted by molar-refractivity contribution is -0.138. The van der Waals surface area contributed by atoms with E-state index >= 15 is 0 Å². The predicted molar refractivity (Wildman–Crippen MR) is 113 cm³/mol. The van der Waals surface area contributed by atoms with Gasteiger partial charge in [0.05, 0.1) is 17.2 Å². The Morgan fingerprint density at radius 2 is 1.83 bits per heavy atom. The highest BCUT2D eigenvalue weighted by Crippen LogP contribution is 2.39. The minimum absolute atomic E-state index is 0.0384. The molecule has 3 aromatic rings. The minimum atomic E-state index is -4.73. The summed E-state index contributed by atoms with van der Waals surface area (Å²) in [6, 6.07) is 5.26. The summed E-state index contributed by atoms with van der Waals surface area (Å²) in [4.78, 5) is 27.0. The van der Waals surface area contributed by atoms with Crippen LogP contribution in [0.25, 0.3) is 11.4 Å². The number of halogens is 5. The lowest BCUT2D eigenvalue weighted by atomic mass is 9.77. The van der Waals surface area contributed by atoms with Crippen LogP contribution in [0.3, 0.4) is 0 Å². The van der Waals surface area contributed by atoms with Gasteiger partial charge in [0.15, 0.2) is 11.6 Å². The lowest BCUT2D eigenvalue weighted by Crippen LogP contribution is -2.59. The number of benzene rings is 1. The zero-order chi connectivity index (χ0) is 24.7. The van der Waals surface area contributed by atoms with E-state index in [2.05, 4.69) is 15.0 Å². The molecule has 2 aliphatic heterocycles. The van der Waals surface area contributed by atoms with Crippen LogP contribution in [0.5, 0.6) is 5.88 Å². The molecule has 35 heavy (non-hydrogen) atoms. The van der Waals surface area contributed by atoms with Crippen molar-refractivity contribution in [3.8, 4) is 17.3 Å². The topological polar surface area (TPSA) is 68.2 Å². The van der Waals surface area contributed by atoms with Crippen molar-refractivity contribution in [2.45, 2.75) is 37.6 Å². The highest BCUT2D eigenvalue weighted by Gasteiger charge is 2.45. The van der Waals surface area contributed by atoms with Gasteiger partial charge in [-0.05, 0) is 55.5 Å². The van der Waals surface area contributed by atoms with Crippen LogP contribution in [0.2, 0.25) is 0 Å². The fourth-order valence-corrected chi connectivity index (χ4v) is 4.78. The molecule has 3 atom stereocenters.